The second-order valence-corrected chi connectivity index (χ2v) is 1.01. The Morgan fingerprint density at radius 2 is 2.29 bits per heavy atom. The van der Waals surface area contributed by atoms with Crippen LogP contribution < -0.4 is 0 Å². The molecule has 0 aromatic heterocycles. The third-order valence-corrected chi connectivity index (χ3v) is 0.470. The molecule has 0 fully saturated rings. The van der Waals surface area contributed by atoms with Crippen LogP contribution in [0.4, 0.5) is 0 Å². The minimum atomic E-state index is 1.50. The summed E-state index contributed by atoms with van der Waals surface area (Å²) in [7, 11) is 0. The summed E-state index contributed by atoms with van der Waals surface area (Å²) >= 11 is 0. The molecule has 0 aliphatic rings. The zero-order chi connectivity index (χ0) is 5.54. The molecular weight excluding hydrogens is 86.1 g/mol. The van der Waals surface area contributed by atoms with E-state index in [1.165, 1.54) is 6.20 Å². The summed E-state index contributed by atoms with van der Waals surface area (Å²) in [6, 6.07) is 0. The molecule has 7 heavy (non-hydrogen) atoms. The van der Waals surface area contributed by atoms with Crippen molar-refractivity contribution in [2.24, 2.45) is 4.99 Å². The molecule has 0 bridgehead atoms. The lowest BCUT2D eigenvalue weighted by Crippen LogP contribution is -1.55. The fourth-order valence-corrected chi connectivity index (χ4v) is 0.197. The van der Waals surface area contributed by atoms with Crippen molar-refractivity contribution in [3.8, 4) is 0 Å². The van der Waals surface area contributed by atoms with E-state index >= 15 is 0 Å². The summed E-state index contributed by atoms with van der Waals surface area (Å²) in [4.78, 5) is 3.71. The predicted octanol–water partition coefficient (Wildman–Crippen LogP) is 1.78. The van der Waals surface area contributed by atoms with Crippen molar-refractivity contribution in [2.45, 2.75) is 6.92 Å². The van der Waals surface area contributed by atoms with Crippen LogP contribution in [-0.4, -0.2) is 6.21 Å². The van der Waals surface area contributed by atoms with Crippen molar-refractivity contribution in [1.29, 1.82) is 0 Å². The van der Waals surface area contributed by atoms with Crippen LogP contribution in [0.15, 0.2) is 29.9 Å². The maximum Gasteiger partial charge on any atom is 0.0264 e. The number of aliphatic imine (C=N–C) groups is 1. The molecule has 0 atom stereocenters. The molecule has 0 saturated carbocycles. The first-order chi connectivity index (χ1) is 3.41. The lowest BCUT2D eigenvalue weighted by atomic mass is 10.6. The molecule has 1 heteroatoms. The largest absolute Gasteiger partial charge is 0.265 e. The molecule has 38 valence electrons. The molecule has 0 aliphatic carbocycles. The molecule has 0 spiro atoms. The highest BCUT2D eigenvalue weighted by atomic mass is 14.6. The summed E-state index contributed by atoms with van der Waals surface area (Å²) in [5, 5.41) is 0. The first-order valence-corrected chi connectivity index (χ1v) is 2.17. The number of nitrogens with zero attached hydrogens (tertiary/aromatic N) is 1. The van der Waals surface area contributed by atoms with E-state index < -0.39 is 0 Å². The fraction of sp³-hybridized carbons (Fsp3) is 0.167. The van der Waals surface area contributed by atoms with Gasteiger partial charge in [0.05, 0.1) is 0 Å². The first-order valence-electron chi connectivity index (χ1n) is 2.17. The number of rotatable bonds is 2. The summed E-state index contributed by atoms with van der Waals surface area (Å²) in [6.07, 6.45) is 6.95. The Kier molecular flexibility index (Phi) is 4.52. The van der Waals surface area contributed by atoms with Crippen molar-refractivity contribution in [1.82, 2.24) is 0 Å². The van der Waals surface area contributed by atoms with Crippen LogP contribution in [0, 0.1) is 0 Å². The highest BCUT2D eigenvalue weighted by Crippen LogP contribution is 1.66. The zero-order valence-corrected chi connectivity index (χ0v) is 4.46. The van der Waals surface area contributed by atoms with Crippen LogP contribution in [0.3, 0.4) is 0 Å². The molecule has 1 nitrogen and oxygen atoms in total. The van der Waals surface area contributed by atoms with E-state index in [-0.39, 0.29) is 0 Å². The standard InChI is InChI=1S/C6H9N/c1-3-5-6-7-4-2/h3-6H,2H2,1H3/b5-3+,7-6+. The summed E-state index contributed by atoms with van der Waals surface area (Å²) in [5.74, 6) is 0. The van der Waals surface area contributed by atoms with Gasteiger partial charge in [0, 0.05) is 12.4 Å². The minimum Gasteiger partial charge on any atom is -0.265 e. The van der Waals surface area contributed by atoms with Crippen molar-refractivity contribution in [3.63, 3.8) is 0 Å². The van der Waals surface area contributed by atoms with Gasteiger partial charge in [-0.15, -0.1) is 0 Å². The molecule has 0 amide bonds. The van der Waals surface area contributed by atoms with Gasteiger partial charge in [0.2, 0.25) is 0 Å². The summed E-state index contributed by atoms with van der Waals surface area (Å²) < 4.78 is 0. The predicted molar refractivity (Wildman–Crippen MR) is 33.5 cm³/mol. The first kappa shape index (κ1) is 6.15. The maximum atomic E-state index is 3.71. The lowest BCUT2D eigenvalue weighted by Gasteiger charge is -1.66. The summed E-state index contributed by atoms with van der Waals surface area (Å²) in [5.41, 5.74) is 0. The minimum absolute atomic E-state index is 1.50. The normalized spacial score (nSPS) is 11.0. The van der Waals surface area contributed by atoms with Crippen molar-refractivity contribution in [2.75, 3.05) is 0 Å². The average molecular weight is 95.1 g/mol. The molecule has 0 heterocycles. The van der Waals surface area contributed by atoms with Crippen molar-refractivity contribution in [3.05, 3.63) is 24.9 Å². The van der Waals surface area contributed by atoms with Gasteiger partial charge >= 0.3 is 0 Å². The summed E-state index contributed by atoms with van der Waals surface area (Å²) in [6.45, 7) is 5.34. The smallest absolute Gasteiger partial charge is 0.0264 e. The van der Waals surface area contributed by atoms with Crippen LogP contribution in [-0.2, 0) is 0 Å². The SMILES string of the molecule is C=C/N=C/C=C/C. The molecule has 0 saturated heterocycles. The van der Waals surface area contributed by atoms with E-state index in [0.29, 0.717) is 0 Å². The third kappa shape index (κ3) is 5.15. The zero-order valence-electron chi connectivity index (χ0n) is 4.46. The number of hydrogen-bond acceptors (Lipinski definition) is 1. The maximum absolute atomic E-state index is 3.71. The highest BCUT2D eigenvalue weighted by molar-refractivity contribution is 5.71. The van der Waals surface area contributed by atoms with Gasteiger partial charge < -0.3 is 0 Å². The molecule has 0 aromatic carbocycles. The van der Waals surface area contributed by atoms with Crippen LogP contribution in [0.5, 0.6) is 0 Å². The van der Waals surface area contributed by atoms with E-state index in [2.05, 4.69) is 11.6 Å². The van der Waals surface area contributed by atoms with Crippen molar-refractivity contribution < 1.29 is 0 Å². The number of hydrogen-bond donors (Lipinski definition) is 0. The Hall–Kier alpha value is -0.850. The Labute approximate surface area is 44.1 Å². The molecule has 0 rings (SSSR count). The number of allylic oxidation sites excluding steroid dienone is 2. The van der Waals surface area contributed by atoms with E-state index in [1.807, 2.05) is 19.1 Å². The third-order valence-electron chi connectivity index (χ3n) is 0.470. The van der Waals surface area contributed by atoms with Crippen LogP contribution in [0.2, 0.25) is 0 Å². The second kappa shape index (κ2) is 5.15. The Bertz CT molecular complexity index is 90.4. The van der Waals surface area contributed by atoms with Gasteiger partial charge in [-0.1, -0.05) is 12.7 Å². The fourth-order valence-electron chi connectivity index (χ4n) is 0.197. The van der Waals surface area contributed by atoms with Gasteiger partial charge in [0.25, 0.3) is 0 Å². The topological polar surface area (TPSA) is 12.4 Å². The van der Waals surface area contributed by atoms with Gasteiger partial charge in [-0.2, -0.15) is 0 Å². The lowest BCUT2D eigenvalue weighted by molar-refractivity contribution is 1.62. The molecule has 0 aliphatic heterocycles. The molecule has 0 N–H and O–H groups in total. The van der Waals surface area contributed by atoms with Gasteiger partial charge in [-0.25, -0.2) is 0 Å². The molecule has 0 unspecified atom stereocenters. The second-order valence-electron chi connectivity index (χ2n) is 1.01. The van der Waals surface area contributed by atoms with Crippen LogP contribution in [0.1, 0.15) is 6.92 Å². The van der Waals surface area contributed by atoms with Gasteiger partial charge in [-0.05, 0) is 13.0 Å². The Morgan fingerprint density at radius 3 is 2.71 bits per heavy atom. The molecule has 0 radical (unpaired) electrons. The highest BCUT2D eigenvalue weighted by Gasteiger charge is 1.52. The van der Waals surface area contributed by atoms with E-state index in [4.69, 9.17) is 0 Å². The van der Waals surface area contributed by atoms with Gasteiger partial charge in [0.1, 0.15) is 0 Å². The molecular formula is C6H9N. The van der Waals surface area contributed by atoms with Gasteiger partial charge in [0.15, 0.2) is 0 Å². The Balaban J connectivity index is 3.27. The van der Waals surface area contributed by atoms with E-state index in [0.717, 1.165) is 0 Å². The monoisotopic (exact) mass is 95.1 g/mol. The van der Waals surface area contributed by atoms with Crippen LogP contribution in [0.25, 0.3) is 0 Å². The Morgan fingerprint density at radius 1 is 1.57 bits per heavy atom. The van der Waals surface area contributed by atoms with Crippen molar-refractivity contribution >= 4 is 6.21 Å². The van der Waals surface area contributed by atoms with Gasteiger partial charge in [-0.3, -0.25) is 4.99 Å². The van der Waals surface area contributed by atoms with E-state index in [1.54, 1.807) is 6.21 Å². The average Bonchev–Trinajstić information content (AvgIpc) is 1.69. The van der Waals surface area contributed by atoms with E-state index in [9.17, 15) is 0 Å². The van der Waals surface area contributed by atoms with Crippen LogP contribution >= 0.6 is 0 Å². The molecule has 0 aromatic rings. The quantitative estimate of drug-likeness (QED) is 0.463.